The molecule has 10 heteroatoms. The van der Waals surface area contributed by atoms with Crippen LogP contribution in [0.3, 0.4) is 0 Å². The van der Waals surface area contributed by atoms with Crippen molar-refractivity contribution in [1.29, 1.82) is 0 Å². The molecule has 0 spiro atoms. The van der Waals surface area contributed by atoms with Gasteiger partial charge in [-0.15, -0.1) is 11.3 Å². The van der Waals surface area contributed by atoms with Gasteiger partial charge in [0.1, 0.15) is 0 Å². The number of carbonyl (C=O) groups is 1. The van der Waals surface area contributed by atoms with Gasteiger partial charge in [0.05, 0.1) is 32.6 Å². The summed E-state index contributed by atoms with van der Waals surface area (Å²) in [5.74, 6) is 1.12. The number of hydrogen-bond donors (Lipinski definition) is 2. The summed E-state index contributed by atoms with van der Waals surface area (Å²) in [4.78, 5) is 16.1. The van der Waals surface area contributed by atoms with E-state index in [9.17, 15) is 13.2 Å². The van der Waals surface area contributed by atoms with Crippen LogP contribution < -0.4 is 19.5 Å². The Labute approximate surface area is 156 Å². The number of hydrogen-bond acceptors (Lipinski definition) is 7. The number of ether oxygens (including phenoxy) is 2. The third-order valence-corrected chi connectivity index (χ3v) is 4.85. The van der Waals surface area contributed by atoms with Crippen LogP contribution in [-0.4, -0.2) is 46.3 Å². The average Bonchev–Trinajstić information content (AvgIpc) is 2.99. The zero-order valence-corrected chi connectivity index (χ0v) is 16.4. The summed E-state index contributed by atoms with van der Waals surface area (Å²) in [6.45, 7) is 0.465. The van der Waals surface area contributed by atoms with Crippen LogP contribution in [0.1, 0.15) is 11.3 Å². The fourth-order valence-corrected chi connectivity index (χ4v) is 3.77. The Kier molecular flexibility index (Phi) is 6.81. The smallest absolute Gasteiger partial charge is 0.231 e. The topological polar surface area (TPSA) is 107 Å². The summed E-state index contributed by atoms with van der Waals surface area (Å²) in [7, 11) is -0.220. The largest absolute Gasteiger partial charge is 0.493 e. The number of thiazole rings is 1. The minimum Gasteiger partial charge on any atom is -0.493 e. The van der Waals surface area contributed by atoms with Gasteiger partial charge in [0.25, 0.3) is 0 Å². The fraction of sp³-hybridized carbons (Fsp3) is 0.375. The summed E-state index contributed by atoms with van der Waals surface area (Å²) in [6, 6.07) is 5.60. The third-order valence-electron chi connectivity index (χ3n) is 3.35. The molecular formula is C16H21N3O5S2. The van der Waals surface area contributed by atoms with E-state index in [1.54, 1.807) is 19.6 Å². The molecule has 0 unspecified atom stereocenters. The van der Waals surface area contributed by atoms with Gasteiger partial charge in [-0.1, -0.05) is 6.07 Å². The van der Waals surface area contributed by atoms with E-state index in [2.05, 4.69) is 15.0 Å². The molecule has 1 amide bonds. The molecule has 0 atom stereocenters. The normalized spacial score (nSPS) is 11.0. The molecular weight excluding hydrogens is 378 g/mol. The zero-order chi connectivity index (χ0) is 19.2. The molecule has 142 valence electrons. The molecule has 1 aromatic carbocycles. The molecule has 0 saturated carbocycles. The molecule has 8 nitrogen and oxygen atoms in total. The molecule has 0 aliphatic carbocycles. The highest BCUT2D eigenvalue weighted by atomic mass is 32.2. The zero-order valence-electron chi connectivity index (χ0n) is 14.7. The lowest BCUT2D eigenvalue weighted by molar-refractivity contribution is -0.120. The van der Waals surface area contributed by atoms with E-state index >= 15 is 0 Å². The van der Waals surface area contributed by atoms with Gasteiger partial charge >= 0.3 is 0 Å². The molecule has 2 N–H and O–H groups in total. The minimum absolute atomic E-state index is 0.0911. The Morgan fingerprint density at radius 3 is 2.62 bits per heavy atom. The van der Waals surface area contributed by atoms with Gasteiger partial charge in [0.2, 0.25) is 15.9 Å². The first-order valence-corrected chi connectivity index (χ1v) is 10.5. The van der Waals surface area contributed by atoms with Crippen molar-refractivity contribution in [3.05, 3.63) is 34.8 Å². The second kappa shape index (κ2) is 8.86. The minimum atomic E-state index is -3.37. The standard InChI is InChI=1S/C16H21N3O5S2/c1-23-13-5-4-11(8-14(13)24-2)6-7-17-15(20)9-12-10-25-16(18-12)19-26(3,21)22/h4-5,8,10H,6-7,9H2,1-3H3,(H,17,20)(H,18,19). The number of methoxy groups -OCH3 is 2. The van der Waals surface area contributed by atoms with Crippen LogP contribution in [0.4, 0.5) is 5.13 Å². The number of anilines is 1. The first-order chi connectivity index (χ1) is 12.3. The number of benzene rings is 1. The van der Waals surface area contributed by atoms with Crippen LogP contribution >= 0.6 is 11.3 Å². The van der Waals surface area contributed by atoms with Gasteiger partial charge in [-0.2, -0.15) is 0 Å². The summed E-state index contributed by atoms with van der Waals surface area (Å²) in [5.41, 5.74) is 1.53. The lowest BCUT2D eigenvalue weighted by Crippen LogP contribution is -2.27. The molecule has 1 heterocycles. The van der Waals surface area contributed by atoms with E-state index < -0.39 is 10.0 Å². The summed E-state index contributed by atoms with van der Waals surface area (Å²) >= 11 is 1.14. The van der Waals surface area contributed by atoms with Gasteiger partial charge in [-0.3, -0.25) is 9.52 Å². The highest BCUT2D eigenvalue weighted by Gasteiger charge is 2.10. The number of aromatic nitrogens is 1. The Bertz CT molecular complexity index is 865. The number of amides is 1. The second-order valence-corrected chi connectivity index (χ2v) is 8.09. The third kappa shape index (κ3) is 6.19. The van der Waals surface area contributed by atoms with Crippen molar-refractivity contribution in [2.24, 2.45) is 0 Å². The van der Waals surface area contributed by atoms with Crippen LogP contribution in [0.15, 0.2) is 23.6 Å². The molecule has 2 aromatic rings. The van der Waals surface area contributed by atoms with E-state index in [0.717, 1.165) is 23.2 Å². The monoisotopic (exact) mass is 399 g/mol. The van der Waals surface area contributed by atoms with Crippen LogP contribution in [0.5, 0.6) is 11.5 Å². The van der Waals surface area contributed by atoms with E-state index in [-0.39, 0.29) is 17.5 Å². The molecule has 26 heavy (non-hydrogen) atoms. The van der Waals surface area contributed by atoms with E-state index in [4.69, 9.17) is 9.47 Å². The Balaban J connectivity index is 1.82. The van der Waals surface area contributed by atoms with Gasteiger partial charge in [0.15, 0.2) is 16.6 Å². The Morgan fingerprint density at radius 2 is 1.96 bits per heavy atom. The van der Waals surface area contributed by atoms with Crippen molar-refractivity contribution >= 4 is 32.4 Å². The number of rotatable bonds is 9. The van der Waals surface area contributed by atoms with Gasteiger partial charge in [-0.05, 0) is 24.1 Å². The van der Waals surface area contributed by atoms with Gasteiger partial charge < -0.3 is 14.8 Å². The Morgan fingerprint density at radius 1 is 1.23 bits per heavy atom. The molecule has 0 bridgehead atoms. The van der Waals surface area contributed by atoms with Crippen molar-refractivity contribution in [3.63, 3.8) is 0 Å². The highest BCUT2D eigenvalue weighted by molar-refractivity contribution is 7.92. The molecule has 0 fully saturated rings. The summed E-state index contributed by atoms with van der Waals surface area (Å²) in [6.07, 6.45) is 1.78. The number of carbonyl (C=O) groups excluding carboxylic acids is 1. The van der Waals surface area contributed by atoms with Crippen molar-refractivity contribution in [1.82, 2.24) is 10.3 Å². The predicted octanol–water partition coefficient (Wildman–Crippen LogP) is 1.43. The number of sulfonamides is 1. The lowest BCUT2D eigenvalue weighted by atomic mass is 10.1. The van der Waals surface area contributed by atoms with E-state index in [1.165, 1.54) is 0 Å². The van der Waals surface area contributed by atoms with Crippen molar-refractivity contribution in [2.45, 2.75) is 12.8 Å². The van der Waals surface area contributed by atoms with E-state index in [1.807, 2.05) is 18.2 Å². The summed E-state index contributed by atoms with van der Waals surface area (Å²) < 4.78 is 35.0. The van der Waals surface area contributed by atoms with Gasteiger partial charge in [-0.25, -0.2) is 13.4 Å². The fourth-order valence-electron chi connectivity index (χ4n) is 2.20. The maximum absolute atomic E-state index is 12.0. The van der Waals surface area contributed by atoms with Crippen LogP contribution in [-0.2, 0) is 27.7 Å². The molecule has 2 rings (SSSR count). The van der Waals surface area contributed by atoms with Crippen LogP contribution in [0.25, 0.3) is 0 Å². The maximum Gasteiger partial charge on any atom is 0.231 e. The lowest BCUT2D eigenvalue weighted by Gasteiger charge is -2.10. The number of nitrogens with one attached hydrogen (secondary N) is 2. The van der Waals surface area contributed by atoms with Crippen LogP contribution in [0, 0.1) is 0 Å². The molecule has 0 aliphatic heterocycles. The Hall–Kier alpha value is -2.33. The molecule has 0 saturated heterocycles. The summed E-state index contributed by atoms with van der Waals surface area (Å²) in [5, 5.41) is 4.72. The molecule has 0 radical (unpaired) electrons. The highest BCUT2D eigenvalue weighted by Crippen LogP contribution is 2.27. The van der Waals surface area contributed by atoms with Crippen LogP contribution in [0.2, 0.25) is 0 Å². The first kappa shape index (κ1) is 20.0. The number of nitrogens with zero attached hydrogens (tertiary/aromatic N) is 1. The van der Waals surface area contributed by atoms with E-state index in [0.29, 0.717) is 30.2 Å². The SMILES string of the molecule is COc1ccc(CCNC(=O)Cc2csc(NS(C)(=O)=O)n2)cc1OC. The molecule has 1 aromatic heterocycles. The first-order valence-electron chi connectivity index (χ1n) is 7.70. The maximum atomic E-state index is 12.0. The quantitative estimate of drug-likeness (QED) is 0.661. The van der Waals surface area contributed by atoms with Gasteiger partial charge in [0, 0.05) is 11.9 Å². The van der Waals surface area contributed by atoms with Crippen molar-refractivity contribution < 1.29 is 22.7 Å². The average molecular weight is 399 g/mol. The predicted molar refractivity (Wildman–Crippen MR) is 101 cm³/mol. The van der Waals surface area contributed by atoms with Crippen molar-refractivity contribution in [2.75, 3.05) is 31.7 Å². The van der Waals surface area contributed by atoms with Crippen molar-refractivity contribution in [3.8, 4) is 11.5 Å². The molecule has 0 aliphatic rings. The second-order valence-electron chi connectivity index (χ2n) is 5.48.